The third-order valence-electron chi connectivity index (χ3n) is 4.90. The second kappa shape index (κ2) is 10.4. The Bertz CT molecular complexity index is 1210. The van der Waals surface area contributed by atoms with Crippen LogP contribution in [0.1, 0.15) is 12.0 Å². The summed E-state index contributed by atoms with van der Waals surface area (Å²) in [5.41, 5.74) is 0.760. The molecule has 1 amide bonds. The summed E-state index contributed by atoms with van der Waals surface area (Å²) in [5.74, 6) is -0.827. The van der Waals surface area contributed by atoms with E-state index in [-0.39, 0.29) is 53.0 Å². The van der Waals surface area contributed by atoms with E-state index >= 15 is 0 Å². The molecule has 0 radical (unpaired) electrons. The van der Waals surface area contributed by atoms with Crippen molar-refractivity contribution in [2.24, 2.45) is 0 Å². The Morgan fingerprint density at radius 1 is 1.25 bits per heavy atom. The number of hydrogen-bond acceptors (Lipinski definition) is 7. The third kappa shape index (κ3) is 5.24. The Balaban J connectivity index is 1.82. The van der Waals surface area contributed by atoms with Crippen LogP contribution >= 0.6 is 27.5 Å². The van der Waals surface area contributed by atoms with Gasteiger partial charge in [-0.2, -0.15) is 0 Å². The van der Waals surface area contributed by atoms with Crippen molar-refractivity contribution < 1.29 is 24.5 Å². The number of halogens is 2. The Morgan fingerprint density at radius 3 is 2.69 bits per heavy atom. The molecule has 170 valence electrons. The Labute approximate surface area is 197 Å². The van der Waals surface area contributed by atoms with Gasteiger partial charge in [-0.15, -0.1) is 0 Å². The molecule has 0 bridgehead atoms. The summed E-state index contributed by atoms with van der Waals surface area (Å²) in [6, 6.07) is 7.62. The standard InChI is InChI=1S/C22H22BrClN2O6/c1-26(6-7-27)18(29)4-5-25-11-12-8-14-19(30)20(31)21(32-22(14)15(23)9-12)13-2-3-17(28)16(24)10-13/h2-3,8-10,25,27-28,31H,4-7,11H2,1H3. The van der Waals surface area contributed by atoms with E-state index in [9.17, 15) is 19.8 Å². The monoisotopic (exact) mass is 524 g/mol. The van der Waals surface area contributed by atoms with Crippen molar-refractivity contribution in [3.05, 3.63) is 55.6 Å². The lowest BCUT2D eigenvalue weighted by Gasteiger charge is -2.15. The lowest BCUT2D eigenvalue weighted by Crippen LogP contribution is -2.31. The predicted molar refractivity (Wildman–Crippen MR) is 125 cm³/mol. The minimum absolute atomic E-state index is 0.0542. The van der Waals surface area contributed by atoms with Crippen LogP contribution in [-0.4, -0.2) is 52.9 Å². The molecular formula is C22H22BrClN2O6. The molecule has 4 N–H and O–H groups in total. The van der Waals surface area contributed by atoms with Crippen molar-refractivity contribution in [1.82, 2.24) is 10.2 Å². The number of aliphatic hydroxyl groups is 1. The smallest absolute Gasteiger partial charge is 0.235 e. The highest BCUT2D eigenvalue weighted by molar-refractivity contribution is 9.10. The van der Waals surface area contributed by atoms with Crippen molar-refractivity contribution in [2.45, 2.75) is 13.0 Å². The molecule has 3 aromatic rings. The van der Waals surface area contributed by atoms with Gasteiger partial charge in [0.15, 0.2) is 11.3 Å². The summed E-state index contributed by atoms with van der Waals surface area (Å²) in [5, 5.41) is 32.3. The summed E-state index contributed by atoms with van der Waals surface area (Å²) >= 11 is 9.35. The van der Waals surface area contributed by atoms with Gasteiger partial charge in [-0.1, -0.05) is 11.6 Å². The van der Waals surface area contributed by atoms with Gasteiger partial charge in [-0.3, -0.25) is 9.59 Å². The fraction of sp³-hybridized carbons (Fsp3) is 0.273. The fourth-order valence-electron chi connectivity index (χ4n) is 3.14. The molecular weight excluding hydrogens is 504 g/mol. The number of phenolic OH excluding ortho intramolecular Hbond substituents is 1. The first-order valence-corrected chi connectivity index (χ1v) is 10.9. The first-order chi connectivity index (χ1) is 15.2. The second-order valence-corrected chi connectivity index (χ2v) is 8.46. The molecule has 32 heavy (non-hydrogen) atoms. The quantitative estimate of drug-likeness (QED) is 0.333. The predicted octanol–water partition coefficient (Wildman–Crippen LogP) is 3.22. The van der Waals surface area contributed by atoms with Gasteiger partial charge >= 0.3 is 0 Å². The maximum atomic E-state index is 12.8. The molecule has 1 heterocycles. The van der Waals surface area contributed by atoms with Crippen LogP contribution in [0.3, 0.4) is 0 Å². The second-order valence-electron chi connectivity index (χ2n) is 7.20. The number of aliphatic hydroxyl groups excluding tert-OH is 1. The van der Waals surface area contributed by atoms with E-state index in [0.717, 1.165) is 5.56 Å². The zero-order valence-electron chi connectivity index (χ0n) is 17.2. The fourth-order valence-corrected chi connectivity index (χ4v) is 3.91. The third-order valence-corrected chi connectivity index (χ3v) is 5.79. The molecule has 0 saturated heterocycles. The summed E-state index contributed by atoms with van der Waals surface area (Å²) < 4.78 is 6.34. The molecule has 8 nitrogen and oxygen atoms in total. The van der Waals surface area contributed by atoms with Crippen LogP contribution in [0.5, 0.6) is 11.5 Å². The van der Waals surface area contributed by atoms with Crippen molar-refractivity contribution in [2.75, 3.05) is 26.7 Å². The minimum atomic E-state index is -0.603. The van der Waals surface area contributed by atoms with Crippen molar-refractivity contribution in [3.8, 4) is 22.8 Å². The Kier molecular flexibility index (Phi) is 7.78. The van der Waals surface area contributed by atoms with Crippen LogP contribution in [0.2, 0.25) is 5.02 Å². The summed E-state index contributed by atoms with van der Waals surface area (Å²) in [7, 11) is 1.63. The van der Waals surface area contributed by atoms with Gasteiger partial charge in [-0.25, -0.2) is 0 Å². The van der Waals surface area contributed by atoms with Gasteiger partial charge in [0.1, 0.15) is 5.75 Å². The van der Waals surface area contributed by atoms with Crippen LogP contribution in [0.4, 0.5) is 0 Å². The van der Waals surface area contributed by atoms with E-state index in [1.807, 2.05) is 0 Å². The maximum Gasteiger partial charge on any atom is 0.235 e. The number of amides is 1. The van der Waals surface area contributed by atoms with Crippen LogP contribution in [0.25, 0.3) is 22.3 Å². The molecule has 1 aromatic heterocycles. The number of hydrogen-bond donors (Lipinski definition) is 4. The summed E-state index contributed by atoms with van der Waals surface area (Å²) in [6.45, 7) is 1.01. The van der Waals surface area contributed by atoms with Crippen molar-refractivity contribution in [3.63, 3.8) is 0 Å². The Morgan fingerprint density at radius 2 is 2.00 bits per heavy atom. The number of carbonyl (C=O) groups is 1. The molecule has 10 heteroatoms. The molecule has 0 spiro atoms. The van der Waals surface area contributed by atoms with Crippen LogP contribution in [-0.2, 0) is 11.3 Å². The lowest BCUT2D eigenvalue weighted by molar-refractivity contribution is -0.130. The number of phenols is 1. The highest BCUT2D eigenvalue weighted by Crippen LogP contribution is 2.36. The van der Waals surface area contributed by atoms with Gasteiger partial charge in [0.05, 0.1) is 21.5 Å². The van der Waals surface area contributed by atoms with Crippen LogP contribution < -0.4 is 10.7 Å². The van der Waals surface area contributed by atoms with Gasteiger partial charge in [-0.05, 0) is 51.8 Å². The maximum absolute atomic E-state index is 12.8. The van der Waals surface area contributed by atoms with E-state index in [1.165, 1.54) is 23.1 Å². The molecule has 0 atom stereocenters. The summed E-state index contributed by atoms with van der Waals surface area (Å²) in [4.78, 5) is 26.2. The van der Waals surface area contributed by atoms with E-state index < -0.39 is 11.2 Å². The number of carbonyl (C=O) groups excluding carboxylic acids is 1. The van der Waals surface area contributed by atoms with Crippen LogP contribution in [0.15, 0.2) is 44.0 Å². The molecule has 3 rings (SSSR count). The first-order valence-electron chi connectivity index (χ1n) is 9.75. The summed E-state index contributed by atoms with van der Waals surface area (Å²) in [6.07, 6.45) is 0.271. The minimum Gasteiger partial charge on any atom is -0.506 e. The zero-order chi connectivity index (χ0) is 23.4. The van der Waals surface area contributed by atoms with E-state index in [4.69, 9.17) is 21.1 Å². The van der Waals surface area contributed by atoms with Crippen LogP contribution in [0, 0.1) is 0 Å². The van der Waals surface area contributed by atoms with Gasteiger partial charge in [0.25, 0.3) is 0 Å². The average Bonchev–Trinajstić information content (AvgIpc) is 2.76. The molecule has 0 unspecified atom stereocenters. The number of rotatable bonds is 8. The molecule has 2 aromatic carbocycles. The van der Waals surface area contributed by atoms with Gasteiger partial charge < -0.3 is 30.0 Å². The molecule has 0 fully saturated rings. The zero-order valence-corrected chi connectivity index (χ0v) is 19.5. The lowest BCUT2D eigenvalue weighted by atomic mass is 10.1. The number of fused-ring (bicyclic) bond motifs is 1. The molecule has 0 aliphatic rings. The first kappa shape index (κ1) is 24.1. The van der Waals surface area contributed by atoms with Crippen molar-refractivity contribution >= 4 is 44.4 Å². The number of benzene rings is 2. The number of aromatic hydroxyl groups is 2. The topological polar surface area (TPSA) is 123 Å². The van der Waals surface area contributed by atoms with E-state index in [2.05, 4.69) is 21.2 Å². The van der Waals surface area contributed by atoms with E-state index in [0.29, 0.717) is 23.1 Å². The average molecular weight is 526 g/mol. The van der Waals surface area contributed by atoms with Gasteiger partial charge in [0, 0.05) is 38.7 Å². The molecule has 0 saturated carbocycles. The van der Waals surface area contributed by atoms with E-state index in [1.54, 1.807) is 19.2 Å². The largest absolute Gasteiger partial charge is 0.506 e. The highest BCUT2D eigenvalue weighted by Gasteiger charge is 2.18. The molecule has 0 aliphatic carbocycles. The molecule has 0 aliphatic heterocycles. The SMILES string of the molecule is CN(CCO)C(=O)CCNCc1cc(Br)c2oc(-c3ccc(O)c(Cl)c3)c(O)c(=O)c2c1. The highest BCUT2D eigenvalue weighted by atomic mass is 79.9. The number of likely N-dealkylation sites (N-methyl/N-ethyl adjacent to an activating group) is 1. The number of nitrogens with zero attached hydrogens (tertiary/aromatic N) is 1. The Hall–Kier alpha value is -2.59. The normalized spacial score (nSPS) is 11.1. The number of nitrogens with one attached hydrogen (secondary N) is 1. The van der Waals surface area contributed by atoms with Crippen molar-refractivity contribution in [1.29, 1.82) is 0 Å². The van der Waals surface area contributed by atoms with Gasteiger partial charge in [0.2, 0.25) is 17.1 Å².